The minimum Gasteiger partial charge on any atom is -0.481 e. The molecule has 0 fully saturated rings. The second kappa shape index (κ2) is 7.26. The summed E-state index contributed by atoms with van der Waals surface area (Å²) < 4.78 is 20.4. The maximum absolute atomic E-state index is 12.0. The van der Waals surface area contributed by atoms with Crippen LogP contribution < -0.4 is 14.2 Å². The second-order valence-electron chi connectivity index (χ2n) is 4.17. The zero-order chi connectivity index (χ0) is 15.9. The summed E-state index contributed by atoms with van der Waals surface area (Å²) in [6, 6.07) is 10.4. The van der Waals surface area contributed by atoms with Crippen molar-refractivity contribution in [1.29, 1.82) is 0 Å². The Balaban J connectivity index is 2.33. The smallest absolute Gasteiger partial charge is 0.351 e. The topological polar surface area (TPSA) is 79.8 Å². The number of ether oxygens (including phenoxy) is 4. The second-order valence-corrected chi connectivity index (χ2v) is 4.17. The van der Waals surface area contributed by atoms with Crippen molar-refractivity contribution in [3.05, 3.63) is 42.0 Å². The Labute approximate surface area is 127 Å². The van der Waals surface area contributed by atoms with Crippen molar-refractivity contribution in [2.24, 2.45) is 0 Å². The van der Waals surface area contributed by atoms with Gasteiger partial charge in [0.1, 0.15) is 0 Å². The van der Waals surface area contributed by atoms with E-state index in [1.165, 1.54) is 27.4 Å². The van der Waals surface area contributed by atoms with Crippen LogP contribution in [-0.4, -0.2) is 37.3 Å². The fraction of sp³-hybridized carbons (Fsp3) is 0.267. The molecule has 2 aromatic rings. The summed E-state index contributed by atoms with van der Waals surface area (Å²) in [7, 11) is 4.20. The number of aromatic nitrogens is 2. The molecule has 0 aliphatic carbocycles. The summed E-state index contributed by atoms with van der Waals surface area (Å²) in [4.78, 5) is 20.0. The molecule has 7 nitrogen and oxygen atoms in total. The number of rotatable bonds is 6. The van der Waals surface area contributed by atoms with E-state index < -0.39 is 12.1 Å². The Morgan fingerprint density at radius 3 is 2.14 bits per heavy atom. The Kier molecular flexibility index (Phi) is 5.13. The molecule has 0 aliphatic rings. The monoisotopic (exact) mass is 308 g/mol. The molecule has 0 bridgehead atoms. The molecule has 116 valence electrons. The first-order chi connectivity index (χ1) is 10.7. The van der Waals surface area contributed by atoms with Gasteiger partial charge in [0.25, 0.3) is 0 Å². The third kappa shape index (κ3) is 3.63. The molecule has 0 aliphatic heterocycles. The van der Waals surface area contributed by atoms with Crippen molar-refractivity contribution in [2.45, 2.75) is 6.10 Å². The highest BCUT2D eigenvalue weighted by Crippen LogP contribution is 2.24. The standard InChI is InChI=1S/C15H16N2O5/c1-19-11-9-12(20-2)17-15(16-11)22-13(14(18)21-3)10-7-5-4-6-8-10/h4-9,13H,1-3H3/i14+2,15+2. The highest BCUT2D eigenvalue weighted by Gasteiger charge is 2.25. The predicted octanol–water partition coefficient (Wildman–Crippen LogP) is 1.79. The lowest BCUT2D eigenvalue weighted by molar-refractivity contribution is -0.149. The fourth-order valence-electron chi connectivity index (χ4n) is 1.74. The van der Waals surface area contributed by atoms with E-state index in [9.17, 15) is 4.79 Å². The number of hydrogen-bond donors (Lipinski definition) is 0. The first-order valence-electron chi connectivity index (χ1n) is 6.44. The van der Waals surface area contributed by atoms with Gasteiger partial charge >= 0.3 is 12.0 Å². The van der Waals surface area contributed by atoms with E-state index in [1.807, 2.05) is 6.07 Å². The van der Waals surface area contributed by atoms with Crippen LogP contribution in [0.5, 0.6) is 17.8 Å². The molecule has 1 heterocycles. The molecule has 1 unspecified atom stereocenters. The summed E-state index contributed by atoms with van der Waals surface area (Å²) in [6.45, 7) is 0. The molecule has 0 spiro atoms. The molecule has 0 amide bonds. The van der Waals surface area contributed by atoms with Crippen LogP contribution in [0.25, 0.3) is 0 Å². The Morgan fingerprint density at radius 1 is 1.05 bits per heavy atom. The minimum atomic E-state index is -0.983. The van der Waals surface area contributed by atoms with Crippen LogP contribution in [0.2, 0.25) is 0 Å². The summed E-state index contributed by atoms with van der Waals surface area (Å²) in [5, 5.41) is 0. The normalized spacial score (nSPS) is 11.4. The molecule has 0 saturated heterocycles. The van der Waals surface area contributed by atoms with Gasteiger partial charge in [-0.25, -0.2) is 4.79 Å². The molecule has 1 aromatic heterocycles. The van der Waals surface area contributed by atoms with Crippen molar-refractivity contribution >= 4 is 5.97 Å². The zero-order valence-corrected chi connectivity index (χ0v) is 12.5. The molecule has 0 saturated carbocycles. The van der Waals surface area contributed by atoms with Gasteiger partial charge in [-0.15, -0.1) is 0 Å². The van der Waals surface area contributed by atoms with E-state index in [0.717, 1.165) is 0 Å². The lowest BCUT2D eigenvalue weighted by atomic mass is 10.2. The van der Waals surface area contributed by atoms with Crippen molar-refractivity contribution in [3.63, 3.8) is 0 Å². The van der Waals surface area contributed by atoms with Crippen molar-refractivity contribution < 1.29 is 23.7 Å². The van der Waals surface area contributed by atoms with Crippen molar-refractivity contribution in [1.82, 2.24) is 9.97 Å². The molecular formula is C15H16N2O5. The lowest BCUT2D eigenvalue weighted by Crippen LogP contribution is -2.21. The number of carbonyl (C=O) groups excluding carboxylic acids is 1. The van der Waals surface area contributed by atoms with Gasteiger partial charge in [0.15, 0.2) is 0 Å². The van der Waals surface area contributed by atoms with Crippen LogP contribution in [0.4, 0.5) is 0 Å². The van der Waals surface area contributed by atoms with Crippen molar-refractivity contribution in [3.8, 4) is 17.8 Å². The van der Waals surface area contributed by atoms with E-state index >= 15 is 0 Å². The summed E-state index contributed by atoms with van der Waals surface area (Å²) in [5.41, 5.74) is 0.625. The summed E-state index contributed by atoms with van der Waals surface area (Å²) in [5.74, 6) is -0.0337. The minimum absolute atomic E-state index is 0.0459. The van der Waals surface area contributed by atoms with E-state index in [-0.39, 0.29) is 17.8 Å². The van der Waals surface area contributed by atoms with E-state index in [1.54, 1.807) is 24.3 Å². The predicted molar refractivity (Wildman–Crippen MR) is 77.0 cm³/mol. The molecule has 22 heavy (non-hydrogen) atoms. The lowest BCUT2D eigenvalue weighted by Gasteiger charge is -2.16. The summed E-state index contributed by atoms with van der Waals surface area (Å²) in [6.07, 6.45) is -0.983. The SMILES string of the molecule is COc1cc(OC)n[14c](OC(c2ccccc2)[14C](=O)OC)n1. The van der Waals surface area contributed by atoms with Crippen LogP contribution in [0, 0.1) is 0 Å². The van der Waals surface area contributed by atoms with Crippen molar-refractivity contribution in [2.75, 3.05) is 21.3 Å². The number of benzene rings is 1. The van der Waals surface area contributed by atoms with Gasteiger partial charge in [-0.05, 0) is 0 Å². The molecule has 0 N–H and O–H groups in total. The highest BCUT2D eigenvalue weighted by atomic mass is 16.8. The Bertz CT molecular complexity index is 611. The first-order valence-corrected chi connectivity index (χ1v) is 6.44. The van der Waals surface area contributed by atoms with Gasteiger partial charge in [-0.1, -0.05) is 30.3 Å². The average molecular weight is 308 g/mol. The number of methoxy groups -OCH3 is 3. The van der Waals surface area contributed by atoms with Gasteiger partial charge in [0.05, 0.1) is 27.4 Å². The molecule has 1 atom stereocenters. The summed E-state index contributed by atoms with van der Waals surface area (Å²) >= 11 is 0. The van der Waals surface area contributed by atoms with Gasteiger partial charge in [0, 0.05) is 5.56 Å². The van der Waals surface area contributed by atoms with Gasteiger partial charge in [0.2, 0.25) is 17.9 Å². The largest absolute Gasteiger partial charge is 0.481 e. The van der Waals surface area contributed by atoms with E-state index in [2.05, 4.69) is 9.97 Å². The number of hydrogen-bond acceptors (Lipinski definition) is 7. The third-order valence-electron chi connectivity index (χ3n) is 2.82. The molecule has 1 aromatic carbocycles. The maximum Gasteiger partial charge on any atom is 0.351 e. The zero-order valence-electron chi connectivity index (χ0n) is 12.5. The van der Waals surface area contributed by atoms with Crippen LogP contribution in [0.15, 0.2) is 36.4 Å². The number of esters is 1. The molecule has 0 radical (unpaired) electrons. The van der Waals surface area contributed by atoms with Gasteiger partial charge in [-0.3, -0.25) is 0 Å². The Morgan fingerprint density at radius 2 is 1.64 bits per heavy atom. The maximum atomic E-state index is 12.0. The quantitative estimate of drug-likeness (QED) is 0.753. The number of carbonyl (C=O) groups is 1. The van der Waals surface area contributed by atoms with E-state index in [4.69, 9.17) is 18.9 Å². The van der Waals surface area contributed by atoms with Crippen LogP contribution in [0.1, 0.15) is 11.7 Å². The Hall–Kier alpha value is -2.83. The van der Waals surface area contributed by atoms with Crippen LogP contribution >= 0.6 is 0 Å². The third-order valence-corrected chi connectivity index (χ3v) is 2.82. The van der Waals surface area contributed by atoms with Gasteiger partial charge in [-0.2, -0.15) is 9.97 Å². The van der Waals surface area contributed by atoms with E-state index in [0.29, 0.717) is 5.56 Å². The average Bonchev–Trinajstić information content (AvgIpc) is 2.59. The van der Waals surface area contributed by atoms with Crippen LogP contribution in [0.3, 0.4) is 0 Å². The van der Waals surface area contributed by atoms with Gasteiger partial charge < -0.3 is 18.9 Å². The first kappa shape index (κ1) is 15.6. The molecule has 7 heteroatoms. The fourth-order valence-corrected chi connectivity index (χ4v) is 1.74. The number of nitrogens with zero attached hydrogens (tertiary/aromatic N) is 2. The molecular weight excluding hydrogens is 292 g/mol. The molecule has 2 rings (SSSR count). The van der Waals surface area contributed by atoms with Crippen LogP contribution in [-0.2, 0) is 9.53 Å². The highest BCUT2D eigenvalue weighted by molar-refractivity contribution is 5.76.